The number of anilines is 1. The summed E-state index contributed by atoms with van der Waals surface area (Å²) in [6, 6.07) is 6.69. The predicted octanol–water partition coefficient (Wildman–Crippen LogP) is 5.36. The zero-order valence-electron chi connectivity index (χ0n) is 11.2. The van der Waals surface area contributed by atoms with Crippen molar-refractivity contribution < 1.29 is 0 Å². The Kier molecular flexibility index (Phi) is 4.76. The van der Waals surface area contributed by atoms with E-state index >= 15 is 0 Å². The van der Waals surface area contributed by atoms with Crippen LogP contribution in [0.5, 0.6) is 0 Å². The van der Waals surface area contributed by atoms with Gasteiger partial charge in [-0.1, -0.05) is 35.8 Å². The van der Waals surface area contributed by atoms with Crippen molar-refractivity contribution in [1.29, 1.82) is 0 Å². The van der Waals surface area contributed by atoms with Gasteiger partial charge < -0.3 is 4.90 Å². The van der Waals surface area contributed by atoms with Crippen LogP contribution in [-0.4, -0.2) is 13.1 Å². The van der Waals surface area contributed by atoms with Crippen molar-refractivity contribution in [1.82, 2.24) is 0 Å². The van der Waals surface area contributed by atoms with Crippen LogP contribution in [0.3, 0.4) is 0 Å². The van der Waals surface area contributed by atoms with Crippen molar-refractivity contribution in [3.8, 4) is 0 Å². The minimum Gasteiger partial charge on any atom is -0.370 e. The summed E-state index contributed by atoms with van der Waals surface area (Å²) >= 11 is 7.22. The molecule has 100 valence electrons. The molecule has 1 aliphatic rings. The van der Waals surface area contributed by atoms with Gasteiger partial charge in [0.05, 0.1) is 5.69 Å². The average Bonchev–Trinajstić information content (AvgIpc) is 2.83. The van der Waals surface area contributed by atoms with Gasteiger partial charge in [0.15, 0.2) is 0 Å². The lowest BCUT2D eigenvalue weighted by molar-refractivity contribution is 0.301. The molecule has 0 spiro atoms. The second-order valence-corrected chi connectivity index (χ2v) is 6.71. The summed E-state index contributed by atoms with van der Waals surface area (Å²) in [7, 11) is 0. The monoisotopic (exact) mass is 373 g/mol. The summed E-state index contributed by atoms with van der Waals surface area (Å²) in [6.45, 7) is 7.05. The summed E-state index contributed by atoms with van der Waals surface area (Å²) in [5.74, 6) is 0. The number of rotatable bonds is 4. The van der Waals surface area contributed by atoms with Crippen LogP contribution in [0.15, 0.2) is 22.7 Å². The molecule has 1 aromatic carbocycles. The molecule has 1 nitrogen and oxygen atoms in total. The molecular weight excluding hydrogens is 354 g/mol. The molecule has 0 saturated carbocycles. The first-order valence-corrected chi connectivity index (χ1v) is 8.65. The van der Waals surface area contributed by atoms with Gasteiger partial charge in [-0.05, 0) is 58.3 Å². The number of benzene rings is 1. The van der Waals surface area contributed by atoms with Crippen molar-refractivity contribution in [3.05, 3.63) is 28.2 Å². The number of alkyl halides is 1. The molecular formula is C15H21Br2N. The summed E-state index contributed by atoms with van der Waals surface area (Å²) < 4.78 is 1.22. The molecule has 1 saturated heterocycles. The largest absolute Gasteiger partial charge is 0.370 e. The van der Waals surface area contributed by atoms with Gasteiger partial charge in [0, 0.05) is 22.9 Å². The lowest BCUT2D eigenvalue weighted by atomic mass is 9.82. The molecule has 3 heteroatoms. The Bertz CT molecular complexity index is 413. The molecule has 0 aliphatic carbocycles. The number of hydrogen-bond acceptors (Lipinski definition) is 1. The quantitative estimate of drug-likeness (QED) is 0.641. The van der Waals surface area contributed by atoms with E-state index in [-0.39, 0.29) is 0 Å². The third-order valence-corrected chi connectivity index (χ3v) is 5.73. The number of nitrogens with zero attached hydrogens (tertiary/aromatic N) is 1. The Balaban J connectivity index is 2.19. The first-order valence-electron chi connectivity index (χ1n) is 6.73. The lowest BCUT2D eigenvalue weighted by Crippen LogP contribution is -2.26. The first kappa shape index (κ1) is 14.4. The normalized spacial score (nSPS) is 18.3. The van der Waals surface area contributed by atoms with Crippen molar-refractivity contribution in [3.63, 3.8) is 0 Å². The third kappa shape index (κ3) is 2.77. The molecule has 18 heavy (non-hydrogen) atoms. The van der Waals surface area contributed by atoms with Gasteiger partial charge in [-0.25, -0.2) is 0 Å². The summed E-state index contributed by atoms with van der Waals surface area (Å²) in [4.78, 5) is 2.54. The van der Waals surface area contributed by atoms with Crippen molar-refractivity contribution in [2.45, 2.75) is 38.4 Å². The van der Waals surface area contributed by atoms with Gasteiger partial charge in [-0.2, -0.15) is 0 Å². The zero-order valence-corrected chi connectivity index (χ0v) is 14.3. The Morgan fingerprint density at radius 1 is 1.28 bits per heavy atom. The van der Waals surface area contributed by atoms with E-state index in [0.717, 1.165) is 5.33 Å². The predicted molar refractivity (Wildman–Crippen MR) is 86.6 cm³/mol. The Morgan fingerprint density at radius 2 is 2.00 bits per heavy atom. The standard InChI is InChI=1S/C15H21Br2N/c1-3-15(4-2)7-8-18(11-15)14-6-5-12(10-16)9-13(14)17/h5-6,9H,3-4,7-8,10-11H2,1-2H3. The topological polar surface area (TPSA) is 3.24 Å². The van der Waals surface area contributed by atoms with E-state index < -0.39 is 0 Å². The van der Waals surface area contributed by atoms with Crippen LogP contribution in [0.4, 0.5) is 5.69 Å². The van der Waals surface area contributed by atoms with Gasteiger partial charge in [0.25, 0.3) is 0 Å². The van der Waals surface area contributed by atoms with Crippen molar-refractivity contribution in [2.24, 2.45) is 5.41 Å². The Morgan fingerprint density at radius 3 is 2.50 bits per heavy atom. The summed E-state index contributed by atoms with van der Waals surface area (Å²) in [6.07, 6.45) is 3.90. The fourth-order valence-corrected chi connectivity index (χ4v) is 3.88. The fourth-order valence-electron chi connectivity index (χ4n) is 2.86. The van der Waals surface area contributed by atoms with Gasteiger partial charge in [0.1, 0.15) is 0 Å². The van der Waals surface area contributed by atoms with Crippen molar-refractivity contribution >= 4 is 37.5 Å². The average molecular weight is 375 g/mol. The van der Waals surface area contributed by atoms with E-state index in [1.807, 2.05) is 0 Å². The highest BCUT2D eigenvalue weighted by atomic mass is 79.9. The highest BCUT2D eigenvalue weighted by Gasteiger charge is 2.35. The molecule has 0 N–H and O–H groups in total. The fraction of sp³-hybridized carbons (Fsp3) is 0.600. The Hall–Kier alpha value is -0.0200. The molecule has 0 aromatic heterocycles. The highest BCUT2D eigenvalue weighted by Crippen LogP contribution is 2.41. The molecule has 0 unspecified atom stereocenters. The SMILES string of the molecule is CCC1(CC)CCN(c2ccc(CBr)cc2Br)C1. The van der Waals surface area contributed by atoms with Crippen LogP contribution in [0.2, 0.25) is 0 Å². The zero-order chi connectivity index (χ0) is 13.2. The van der Waals surface area contributed by atoms with Gasteiger partial charge >= 0.3 is 0 Å². The molecule has 1 aliphatic heterocycles. The van der Waals surface area contributed by atoms with Crippen molar-refractivity contribution in [2.75, 3.05) is 18.0 Å². The second-order valence-electron chi connectivity index (χ2n) is 5.30. The van der Waals surface area contributed by atoms with Crippen LogP contribution in [0.1, 0.15) is 38.7 Å². The third-order valence-electron chi connectivity index (χ3n) is 4.45. The van der Waals surface area contributed by atoms with E-state index in [4.69, 9.17) is 0 Å². The molecule has 1 heterocycles. The molecule has 1 aromatic rings. The number of hydrogen-bond donors (Lipinski definition) is 0. The maximum atomic E-state index is 3.72. The van der Waals surface area contributed by atoms with E-state index in [0.29, 0.717) is 5.41 Å². The van der Waals surface area contributed by atoms with E-state index in [9.17, 15) is 0 Å². The van der Waals surface area contributed by atoms with Crippen LogP contribution < -0.4 is 4.90 Å². The molecule has 0 amide bonds. The van der Waals surface area contributed by atoms with Gasteiger partial charge in [-0.15, -0.1) is 0 Å². The maximum Gasteiger partial charge on any atom is 0.0511 e. The van der Waals surface area contributed by atoms with Crippen LogP contribution in [-0.2, 0) is 5.33 Å². The van der Waals surface area contributed by atoms with Crippen LogP contribution >= 0.6 is 31.9 Å². The summed E-state index contributed by atoms with van der Waals surface area (Å²) in [5, 5.41) is 0.916. The van der Waals surface area contributed by atoms with E-state index in [2.05, 4.69) is 68.8 Å². The maximum absolute atomic E-state index is 3.72. The number of halogens is 2. The highest BCUT2D eigenvalue weighted by molar-refractivity contribution is 9.10. The first-order chi connectivity index (χ1) is 8.64. The molecule has 0 radical (unpaired) electrons. The lowest BCUT2D eigenvalue weighted by Gasteiger charge is -2.27. The minimum absolute atomic E-state index is 0.535. The Labute approximate surface area is 127 Å². The molecule has 2 rings (SSSR count). The van der Waals surface area contributed by atoms with E-state index in [1.165, 1.54) is 48.1 Å². The molecule has 0 bridgehead atoms. The summed E-state index contributed by atoms with van der Waals surface area (Å²) in [5.41, 5.74) is 3.21. The second kappa shape index (κ2) is 5.96. The smallest absolute Gasteiger partial charge is 0.0511 e. The van der Waals surface area contributed by atoms with Crippen LogP contribution in [0, 0.1) is 5.41 Å². The van der Waals surface area contributed by atoms with Gasteiger partial charge in [-0.3, -0.25) is 0 Å². The van der Waals surface area contributed by atoms with E-state index in [1.54, 1.807) is 0 Å². The van der Waals surface area contributed by atoms with Gasteiger partial charge in [0.2, 0.25) is 0 Å². The van der Waals surface area contributed by atoms with Crippen LogP contribution in [0.25, 0.3) is 0 Å². The minimum atomic E-state index is 0.535. The molecule has 1 fully saturated rings. The molecule has 0 atom stereocenters.